The Balaban J connectivity index is 1.45. The van der Waals surface area contributed by atoms with Crippen molar-refractivity contribution in [3.05, 3.63) is 35.9 Å². The van der Waals surface area contributed by atoms with E-state index in [0.717, 1.165) is 6.61 Å². The Morgan fingerprint density at radius 2 is 2.06 bits per heavy atom. The monoisotopic (exact) mass is 217 g/mol. The molecule has 1 aliphatic carbocycles. The highest BCUT2D eigenvalue weighted by Gasteiger charge is 2.46. The maximum atomic E-state index is 5.91. The highest BCUT2D eigenvalue weighted by atomic mass is 16.5. The second-order valence-corrected chi connectivity index (χ2v) is 5.14. The quantitative estimate of drug-likeness (QED) is 0.840. The maximum absolute atomic E-state index is 5.91. The van der Waals surface area contributed by atoms with Gasteiger partial charge < -0.3 is 10.1 Å². The normalized spacial score (nSPS) is 32.9. The predicted octanol–water partition coefficient (Wildman–Crippen LogP) is 2.49. The molecule has 0 amide bonds. The molecule has 2 nitrogen and oxygen atoms in total. The van der Waals surface area contributed by atoms with E-state index in [4.69, 9.17) is 4.74 Å². The highest BCUT2D eigenvalue weighted by molar-refractivity contribution is 5.14. The second kappa shape index (κ2) is 4.19. The van der Waals surface area contributed by atoms with Gasteiger partial charge in [-0.15, -0.1) is 0 Å². The van der Waals surface area contributed by atoms with Crippen LogP contribution in [0.4, 0.5) is 0 Å². The Bertz CT molecular complexity index is 335. The third kappa shape index (κ3) is 2.00. The van der Waals surface area contributed by atoms with Gasteiger partial charge in [0.15, 0.2) is 0 Å². The summed E-state index contributed by atoms with van der Waals surface area (Å²) < 4.78 is 5.91. The lowest BCUT2D eigenvalue weighted by atomic mass is 9.73. The molecule has 0 atom stereocenters. The molecule has 1 saturated carbocycles. The van der Waals surface area contributed by atoms with Gasteiger partial charge in [0.05, 0.1) is 12.7 Å². The summed E-state index contributed by atoms with van der Waals surface area (Å²) in [6.45, 7) is 1.97. The smallest absolute Gasteiger partial charge is 0.0720 e. The van der Waals surface area contributed by atoms with Gasteiger partial charge in [-0.05, 0) is 37.8 Å². The fraction of sp³-hybridized carbons (Fsp3) is 0.571. The van der Waals surface area contributed by atoms with Gasteiger partial charge in [-0.1, -0.05) is 30.3 Å². The first-order chi connectivity index (χ1) is 7.86. The van der Waals surface area contributed by atoms with Crippen molar-refractivity contribution in [1.82, 2.24) is 5.32 Å². The van der Waals surface area contributed by atoms with Crippen LogP contribution in [0.25, 0.3) is 0 Å². The van der Waals surface area contributed by atoms with Crippen LogP contribution in [0, 0.1) is 0 Å². The topological polar surface area (TPSA) is 21.3 Å². The average Bonchev–Trinajstić information content (AvgIpc) is 2.75. The van der Waals surface area contributed by atoms with Gasteiger partial charge in [0, 0.05) is 5.54 Å². The van der Waals surface area contributed by atoms with Crippen LogP contribution in [-0.2, 0) is 11.3 Å². The fourth-order valence-corrected chi connectivity index (χ4v) is 2.94. The first kappa shape index (κ1) is 10.3. The largest absolute Gasteiger partial charge is 0.373 e. The van der Waals surface area contributed by atoms with E-state index in [2.05, 4.69) is 29.6 Å². The van der Waals surface area contributed by atoms with Crippen molar-refractivity contribution in [2.24, 2.45) is 0 Å². The zero-order valence-electron chi connectivity index (χ0n) is 9.61. The third-order valence-electron chi connectivity index (χ3n) is 3.90. The van der Waals surface area contributed by atoms with Crippen LogP contribution in [0.3, 0.4) is 0 Å². The fourth-order valence-electron chi connectivity index (χ4n) is 2.94. The molecule has 1 saturated heterocycles. The summed E-state index contributed by atoms with van der Waals surface area (Å²) in [5.41, 5.74) is 1.74. The van der Waals surface area contributed by atoms with Gasteiger partial charge in [0.1, 0.15) is 0 Å². The first-order valence-corrected chi connectivity index (χ1v) is 6.27. The van der Waals surface area contributed by atoms with Crippen molar-refractivity contribution in [1.29, 1.82) is 0 Å². The SMILES string of the molecule is c1ccc(COC2CC3(CCCN3)C2)cc1. The van der Waals surface area contributed by atoms with Crippen molar-refractivity contribution in [2.75, 3.05) is 6.54 Å². The van der Waals surface area contributed by atoms with E-state index in [1.54, 1.807) is 0 Å². The van der Waals surface area contributed by atoms with E-state index in [9.17, 15) is 0 Å². The summed E-state index contributed by atoms with van der Waals surface area (Å²) >= 11 is 0. The Hall–Kier alpha value is -0.860. The number of ether oxygens (including phenoxy) is 1. The van der Waals surface area contributed by atoms with Crippen molar-refractivity contribution in [3.63, 3.8) is 0 Å². The lowest BCUT2D eigenvalue weighted by Gasteiger charge is -2.45. The molecule has 1 aliphatic heterocycles. The minimum absolute atomic E-state index is 0.460. The van der Waals surface area contributed by atoms with Gasteiger partial charge in [0.25, 0.3) is 0 Å². The Morgan fingerprint density at radius 3 is 2.75 bits per heavy atom. The number of hydrogen-bond donors (Lipinski definition) is 1. The molecule has 1 spiro atoms. The van der Waals surface area contributed by atoms with E-state index in [1.165, 1.54) is 37.8 Å². The minimum atomic E-state index is 0.460. The minimum Gasteiger partial charge on any atom is -0.373 e. The molecule has 0 radical (unpaired) electrons. The van der Waals surface area contributed by atoms with Crippen LogP contribution in [0.15, 0.2) is 30.3 Å². The van der Waals surface area contributed by atoms with Crippen molar-refractivity contribution >= 4 is 0 Å². The molecule has 1 heterocycles. The summed E-state index contributed by atoms with van der Waals surface area (Å²) in [5.74, 6) is 0. The third-order valence-corrected chi connectivity index (χ3v) is 3.90. The molecular formula is C14H19NO. The van der Waals surface area contributed by atoms with Crippen molar-refractivity contribution in [2.45, 2.75) is 43.9 Å². The molecule has 2 aliphatic rings. The average molecular weight is 217 g/mol. The van der Waals surface area contributed by atoms with Gasteiger partial charge in [0.2, 0.25) is 0 Å². The van der Waals surface area contributed by atoms with Gasteiger partial charge in [-0.3, -0.25) is 0 Å². The molecule has 1 aromatic rings. The van der Waals surface area contributed by atoms with E-state index >= 15 is 0 Å². The van der Waals surface area contributed by atoms with Crippen molar-refractivity contribution < 1.29 is 4.74 Å². The lowest BCUT2D eigenvalue weighted by molar-refractivity contribution is -0.0581. The molecule has 16 heavy (non-hydrogen) atoms. The molecule has 1 N–H and O–H groups in total. The maximum Gasteiger partial charge on any atom is 0.0720 e. The molecule has 86 valence electrons. The highest BCUT2D eigenvalue weighted by Crippen LogP contribution is 2.41. The van der Waals surface area contributed by atoms with Gasteiger partial charge in [-0.2, -0.15) is 0 Å². The summed E-state index contributed by atoms with van der Waals surface area (Å²) in [5, 5.41) is 3.62. The molecule has 0 aromatic heterocycles. The zero-order chi connectivity index (χ0) is 10.8. The molecule has 0 bridgehead atoms. The number of rotatable bonds is 3. The van der Waals surface area contributed by atoms with Gasteiger partial charge >= 0.3 is 0 Å². The molecule has 2 heteroatoms. The van der Waals surface area contributed by atoms with Crippen LogP contribution in [-0.4, -0.2) is 18.2 Å². The first-order valence-electron chi connectivity index (χ1n) is 6.27. The molecule has 1 aromatic carbocycles. The zero-order valence-corrected chi connectivity index (χ0v) is 9.61. The molecule has 2 fully saturated rings. The number of nitrogens with one attached hydrogen (secondary N) is 1. The van der Waals surface area contributed by atoms with Crippen LogP contribution < -0.4 is 5.32 Å². The Morgan fingerprint density at radius 1 is 1.25 bits per heavy atom. The van der Waals surface area contributed by atoms with E-state index in [-0.39, 0.29) is 0 Å². The second-order valence-electron chi connectivity index (χ2n) is 5.14. The standard InChI is InChI=1S/C14H19NO/c1-2-5-12(6-3-1)11-16-13-9-14(10-13)7-4-8-15-14/h1-3,5-6,13,15H,4,7-11H2. The van der Waals surface area contributed by atoms with Crippen LogP contribution in [0.2, 0.25) is 0 Å². The number of benzene rings is 1. The Kier molecular flexibility index (Phi) is 2.70. The van der Waals surface area contributed by atoms with Crippen LogP contribution in [0.1, 0.15) is 31.2 Å². The molecular weight excluding hydrogens is 198 g/mol. The van der Waals surface area contributed by atoms with Crippen LogP contribution >= 0.6 is 0 Å². The summed E-state index contributed by atoms with van der Waals surface area (Å²) in [6, 6.07) is 10.4. The lowest BCUT2D eigenvalue weighted by Crippen LogP contribution is -2.54. The summed E-state index contributed by atoms with van der Waals surface area (Å²) in [6.07, 6.45) is 5.58. The molecule has 3 rings (SSSR count). The predicted molar refractivity (Wildman–Crippen MR) is 64.2 cm³/mol. The van der Waals surface area contributed by atoms with E-state index < -0.39 is 0 Å². The van der Waals surface area contributed by atoms with E-state index in [0.29, 0.717) is 11.6 Å². The van der Waals surface area contributed by atoms with Crippen molar-refractivity contribution in [3.8, 4) is 0 Å². The summed E-state index contributed by atoms with van der Waals surface area (Å²) in [4.78, 5) is 0. The molecule has 0 unspecified atom stereocenters. The van der Waals surface area contributed by atoms with Crippen LogP contribution in [0.5, 0.6) is 0 Å². The van der Waals surface area contributed by atoms with Gasteiger partial charge in [-0.25, -0.2) is 0 Å². The van der Waals surface area contributed by atoms with E-state index in [1.807, 2.05) is 6.07 Å². The summed E-state index contributed by atoms with van der Waals surface area (Å²) in [7, 11) is 0. The number of hydrogen-bond acceptors (Lipinski definition) is 2. The Labute approximate surface area is 97.0 Å².